The predicted octanol–water partition coefficient (Wildman–Crippen LogP) is 3.83. The fourth-order valence-electron chi connectivity index (χ4n) is 3.12. The predicted molar refractivity (Wildman–Crippen MR) is 97.9 cm³/mol. The molecule has 0 aliphatic carbocycles. The summed E-state index contributed by atoms with van der Waals surface area (Å²) < 4.78 is 11.3. The Kier molecular flexibility index (Phi) is 5.94. The molecule has 1 amide bonds. The van der Waals surface area contributed by atoms with Gasteiger partial charge in [0.25, 0.3) is 0 Å². The topological polar surface area (TPSA) is 38.8 Å². The minimum atomic E-state index is 0.205. The number of rotatable bonds is 7. The Balaban J connectivity index is 1.45. The summed E-state index contributed by atoms with van der Waals surface area (Å²) >= 11 is 0. The smallest absolute Gasteiger partial charge is 0.223 e. The molecule has 0 aromatic heterocycles. The van der Waals surface area contributed by atoms with E-state index in [4.69, 9.17) is 9.47 Å². The van der Waals surface area contributed by atoms with Crippen molar-refractivity contribution >= 4 is 5.91 Å². The number of amides is 1. The van der Waals surface area contributed by atoms with Crippen molar-refractivity contribution in [3.8, 4) is 11.5 Å². The molecule has 1 aliphatic rings. The van der Waals surface area contributed by atoms with Crippen LogP contribution in [-0.2, 0) is 17.8 Å². The molecule has 2 aromatic carbocycles. The lowest BCUT2D eigenvalue weighted by Crippen LogP contribution is -2.35. The molecular weight excluding hydrogens is 314 g/mol. The van der Waals surface area contributed by atoms with Gasteiger partial charge in [-0.1, -0.05) is 36.4 Å². The second kappa shape index (κ2) is 8.56. The number of carbonyl (C=O) groups is 1. The molecule has 1 heterocycles. The third-order valence-electron chi connectivity index (χ3n) is 4.42. The highest BCUT2D eigenvalue weighted by atomic mass is 16.5. The van der Waals surface area contributed by atoms with Crippen LogP contribution in [0.3, 0.4) is 0 Å². The molecule has 0 saturated heterocycles. The normalized spacial score (nSPS) is 13.2. The van der Waals surface area contributed by atoms with Gasteiger partial charge in [-0.05, 0) is 43.0 Å². The summed E-state index contributed by atoms with van der Waals surface area (Å²) in [4.78, 5) is 14.4. The van der Waals surface area contributed by atoms with Crippen LogP contribution >= 0.6 is 0 Å². The van der Waals surface area contributed by atoms with Crippen molar-refractivity contribution in [1.29, 1.82) is 0 Å². The van der Waals surface area contributed by atoms with Crippen LogP contribution in [0.4, 0.5) is 0 Å². The number of para-hydroxylation sites is 2. The van der Waals surface area contributed by atoms with E-state index in [0.717, 1.165) is 31.0 Å². The Bertz CT molecular complexity index is 714. The Hall–Kier alpha value is -2.49. The largest absolute Gasteiger partial charge is 0.490 e. The molecule has 0 spiro atoms. The van der Waals surface area contributed by atoms with E-state index in [0.29, 0.717) is 26.1 Å². The number of benzene rings is 2. The van der Waals surface area contributed by atoms with Gasteiger partial charge in [-0.2, -0.15) is 0 Å². The van der Waals surface area contributed by atoms with Crippen LogP contribution in [0.15, 0.2) is 48.5 Å². The SMILES string of the molecule is CCOc1ccccc1OCCCC(=O)N1CCc2ccccc2C1. The summed E-state index contributed by atoms with van der Waals surface area (Å²) in [7, 11) is 0. The number of ether oxygens (including phenoxy) is 2. The van der Waals surface area contributed by atoms with Crippen LogP contribution in [-0.4, -0.2) is 30.6 Å². The van der Waals surface area contributed by atoms with Crippen LogP contribution in [0.1, 0.15) is 30.9 Å². The first-order valence-electron chi connectivity index (χ1n) is 8.97. The van der Waals surface area contributed by atoms with Crippen molar-refractivity contribution in [3.05, 3.63) is 59.7 Å². The van der Waals surface area contributed by atoms with Crippen molar-refractivity contribution in [2.45, 2.75) is 32.7 Å². The van der Waals surface area contributed by atoms with E-state index in [1.165, 1.54) is 11.1 Å². The zero-order chi connectivity index (χ0) is 17.5. The molecule has 4 heteroatoms. The van der Waals surface area contributed by atoms with E-state index < -0.39 is 0 Å². The van der Waals surface area contributed by atoms with Gasteiger partial charge in [-0.25, -0.2) is 0 Å². The minimum absolute atomic E-state index is 0.205. The van der Waals surface area contributed by atoms with Gasteiger partial charge in [0.1, 0.15) is 0 Å². The number of hydrogen-bond donors (Lipinski definition) is 0. The molecule has 3 rings (SSSR count). The van der Waals surface area contributed by atoms with E-state index >= 15 is 0 Å². The summed E-state index contributed by atoms with van der Waals surface area (Å²) in [5.41, 5.74) is 2.63. The molecule has 0 saturated carbocycles. The second-order valence-electron chi connectivity index (χ2n) is 6.17. The highest BCUT2D eigenvalue weighted by Gasteiger charge is 2.19. The third kappa shape index (κ3) is 4.53. The standard InChI is InChI=1S/C21H25NO3/c1-2-24-19-10-5-6-11-20(19)25-15-7-12-21(23)22-14-13-17-8-3-4-9-18(17)16-22/h3-6,8-11H,2,7,12-16H2,1H3. The van der Waals surface area contributed by atoms with Crippen LogP contribution in [0.5, 0.6) is 11.5 Å². The zero-order valence-corrected chi connectivity index (χ0v) is 14.7. The lowest BCUT2D eigenvalue weighted by atomic mass is 9.99. The Labute approximate surface area is 149 Å². The van der Waals surface area contributed by atoms with E-state index in [1.807, 2.05) is 42.2 Å². The van der Waals surface area contributed by atoms with E-state index in [9.17, 15) is 4.79 Å². The molecule has 1 aliphatic heterocycles. The number of fused-ring (bicyclic) bond motifs is 1. The molecule has 0 fully saturated rings. The maximum atomic E-state index is 12.4. The average molecular weight is 339 g/mol. The molecule has 132 valence electrons. The Morgan fingerprint density at radius 2 is 1.68 bits per heavy atom. The summed E-state index contributed by atoms with van der Waals surface area (Å²) in [6.07, 6.45) is 2.16. The monoisotopic (exact) mass is 339 g/mol. The van der Waals surface area contributed by atoms with Gasteiger partial charge in [0.2, 0.25) is 5.91 Å². The molecule has 0 bridgehead atoms. The van der Waals surface area contributed by atoms with E-state index in [-0.39, 0.29) is 5.91 Å². The van der Waals surface area contributed by atoms with Crippen molar-refractivity contribution < 1.29 is 14.3 Å². The van der Waals surface area contributed by atoms with Gasteiger partial charge in [-0.3, -0.25) is 4.79 Å². The van der Waals surface area contributed by atoms with Crippen LogP contribution in [0.2, 0.25) is 0 Å². The molecule has 4 nitrogen and oxygen atoms in total. The van der Waals surface area contributed by atoms with Gasteiger partial charge < -0.3 is 14.4 Å². The zero-order valence-electron chi connectivity index (χ0n) is 14.7. The minimum Gasteiger partial charge on any atom is -0.490 e. The molecule has 2 aromatic rings. The van der Waals surface area contributed by atoms with Gasteiger partial charge in [0.15, 0.2) is 11.5 Å². The highest BCUT2D eigenvalue weighted by molar-refractivity contribution is 5.76. The maximum Gasteiger partial charge on any atom is 0.223 e. The molecule has 0 unspecified atom stereocenters. The van der Waals surface area contributed by atoms with Crippen molar-refractivity contribution in [1.82, 2.24) is 4.90 Å². The number of nitrogens with zero attached hydrogens (tertiary/aromatic N) is 1. The summed E-state index contributed by atoms with van der Waals surface area (Å²) in [6, 6.07) is 16.0. The van der Waals surface area contributed by atoms with Crippen LogP contribution in [0.25, 0.3) is 0 Å². The summed E-state index contributed by atoms with van der Waals surface area (Å²) in [5.74, 6) is 1.70. The third-order valence-corrected chi connectivity index (χ3v) is 4.42. The number of hydrogen-bond acceptors (Lipinski definition) is 3. The Morgan fingerprint density at radius 1 is 1.00 bits per heavy atom. The van der Waals surface area contributed by atoms with Crippen LogP contribution in [0, 0.1) is 0 Å². The first kappa shape index (κ1) is 17.3. The fourth-order valence-corrected chi connectivity index (χ4v) is 3.12. The summed E-state index contributed by atoms with van der Waals surface area (Å²) in [5, 5.41) is 0. The molecular formula is C21H25NO3. The van der Waals surface area contributed by atoms with E-state index in [1.54, 1.807) is 0 Å². The first-order chi connectivity index (χ1) is 12.3. The molecule has 0 radical (unpaired) electrons. The fraction of sp³-hybridized carbons (Fsp3) is 0.381. The summed E-state index contributed by atoms with van der Waals surface area (Å²) in [6.45, 7) is 4.61. The lowest BCUT2D eigenvalue weighted by Gasteiger charge is -2.29. The highest BCUT2D eigenvalue weighted by Crippen LogP contribution is 2.26. The second-order valence-corrected chi connectivity index (χ2v) is 6.17. The molecule has 0 atom stereocenters. The van der Waals surface area contributed by atoms with Crippen molar-refractivity contribution in [3.63, 3.8) is 0 Å². The molecule has 0 N–H and O–H groups in total. The van der Waals surface area contributed by atoms with Gasteiger partial charge >= 0.3 is 0 Å². The van der Waals surface area contributed by atoms with Crippen molar-refractivity contribution in [2.75, 3.05) is 19.8 Å². The number of carbonyl (C=O) groups excluding carboxylic acids is 1. The average Bonchev–Trinajstić information content (AvgIpc) is 2.66. The van der Waals surface area contributed by atoms with Crippen molar-refractivity contribution in [2.24, 2.45) is 0 Å². The first-order valence-corrected chi connectivity index (χ1v) is 8.97. The maximum absolute atomic E-state index is 12.4. The van der Waals surface area contributed by atoms with Gasteiger partial charge in [-0.15, -0.1) is 0 Å². The Morgan fingerprint density at radius 3 is 2.44 bits per heavy atom. The molecule has 25 heavy (non-hydrogen) atoms. The lowest BCUT2D eigenvalue weighted by molar-refractivity contribution is -0.132. The quantitative estimate of drug-likeness (QED) is 0.720. The van der Waals surface area contributed by atoms with E-state index in [2.05, 4.69) is 18.2 Å². The van der Waals surface area contributed by atoms with Gasteiger partial charge in [0.05, 0.1) is 13.2 Å². The van der Waals surface area contributed by atoms with Gasteiger partial charge in [0, 0.05) is 19.5 Å². The van der Waals surface area contributed by atoms with Crippen LogP contribution < -0.4 is 9.47 Å².